The van der Waals surface area contributed by atoms with Crippen molar-refractivity contribution in [2.75, 3.05) is 0 Å². The van der Waals surface area contributed by atoms with Gasteiger partial charge in [-0.1, -0.05) is 26.0 Å². The third-order valence-corrected chi connectivity index (χ3v) is 3.08. The third kappa shape index (κ3) is 2.71. The van der Waals surface area contributed by atoms with Gasteiger partial charge in [-0.3, -0.25) is 4.79 Å². The molecule has 0 spiro atoms. The fourth-order valence-electron chi connectivity index (χ4n) is 2.04. The second-order valence-electron chi connectivity index (χ2n) is 4.84. The fraction of sp³-hybridized carbons (Fsp3) is 0.357. The molecule has 4 heteroatoms. The van der Waals surface area contributed by atoms with E-state index in [0.717, 1.165) is 16.5 Å². The van der Waals surface area contributed by atoms with Crippen LogP contribution in [0.15, 0.2) is 30.5 Å². The molecule has 0 saturated heterocycles. The highest BCUT2D eigenvalue weighted by Crippen LogP contribution is 2.14. The number of H-pyrrole nitrogens is 1. The Morgan fingerprint density at radius 1 is 1.39 bits per heavy atom. The van der Waals surface area contributed by atoms with E-state index < -0.39 is 12.0 Å². The van der Waals surface area contributed by atoms with Crippen LogP contribution >= 0.6 is 0 Å². The lowest BCUT2D eigenvalue weighted by Crippen LogP contribution is -2.40. The van der Waals surface area contributed by atoms with E-state index in [2.05, 4.69) is 10.3 Å². The average molecular weight is 246 g/mol. The van der Waals surface area contributed by atoms with E-state index in [0.29, 0.717) is 6.54 Å². The molecule has 0 aliphatic carbocycles. The van der Waals surface area contributed by atoms with E-state index in [1.807, 2.05) is 44.3 Å². The van der Waals surface area contributed by atoms with Crippen LogP contribution in [0.3, 0.4) is 0 Å². The molecule has 0 radical (unpaired) electrons. The Labute approximate surface area is 106 Å². The minimum Gasteiger partial charge on any atom is -0.480 e. The number of carboxylic acids is 1. The van der Waals surface area contributed by atoms with Crippen molar-refractivity contribution in [3.05, 3.63) is 36.0 Å². The van der Waals surface area contributed by atoms with Gasteiger partial charge in [0.15, 0.2) is 0 Å². The highest BCUT2D eigenvalue weighted by molar-refractivity contribution is 5.79. The normalized spacial score (nSPS) is 13.1. The molecule has 0 fully saturated rings. The molecule has 0 bridgehead atoms. The first kappa shape index (κ1) is 12.6. The Morgan fingerprint density at radius 3 is 2.83 bits per heavy atom. The molecule has 18 heavy (non-hydrogen) atoms. The van der Waals surface area contributed by atoms with E-state index in [4.69, 9.17) is 5.11 Å². The van der Waals surface area contributed by atoms with Crippen LogP contribution in [0.25, 0.3) is 10.9 Å². The van der Waals surface area contributed by atoms with Crippen molar-refractivity contribution in [2.24, 2.45) is 5.92 Å². The first-order valence-electron chi connectivity index (χ1n) is 6.10. The lowest BCUT2D eigenvalue weighted by molar-refractivity contribution is -0.140. The van der Waals surface area contributed by atoms with Crippen molar-refractivity contribution in [3.8, 4) is 0 Å². The number of fused-ring (bicyclic) bond motifs is 1. The standard InChI is InChI=1S/C14H18N2O2/c1-9(2)13(14(17)18)16-8-10-3-4-11-5-6-15-12(11)7-10/h3-7,9,13,15-16H,8H2,1-2H3,(H,17,18). The van der Waals surface area contributed by atoms with Gasteiger partial charge in [-0.2, -0.15) is 0 Å². The Morgan fingerprint density at radius 2 is 2.17 bits per heavy atom. The van der Waals surface area contributed by atoms with E-state index in [9.17, 15) is 4.79 Å². The number of hydrogen-bond acceptors (Lipinski definition) is 2. The quantitative estimate of drug-likeness (QED) is 0.758. The largest absolute Gasteiger partial charge is 0.480 e. The summed E-state index contributed by atoms with van der Waals surface area (Å²) in [6.45, 7) is 4.37. The molecule has 1 heterocycles. The number of aliphatic carboxylic acids is 1. The third-order valence-electron chi connectivity index (χ3n) is 3.08. The lowest BCUT2D eigenvalue weighted by atomic mass is 10.0. The lowest BCUT2D eigenvalue weighted by Gasteiger charge is -2.17. The van der Waals surface area contributed by atoms with Crippen molar-refractivity contribution in [2.45, 2.75) is 26.4 Å². The summed E-state index contributed by atoms with van der Waals surface area (Å²) in [7, 11) is 0. The van der Waals surface area contributed by atoms with Crippen LogP contribution < -0.4 is 5.32 Å². The Bertz CT molecular complexity index is 545. The molecule has 1 aromatic heterocycles. The Kier molecular flexibility index (Phi) is 3.67. The monoisotopic (exact) mass is 246 g/mol. The smallest absolute Gasteiger partial charge is 0.320 e. The second-order valence-corrected chi connectivity index (χ2v) is 4.84. The number of carboxylic acid groups (broad SMARTS) is 1. The van der Waals surface area contributed by atoms with Crippen LogP contribution in [0.2, 0.25) is 0 Å². The molecule has 2 aromatic rings. The van der Waals surface area contributed by atoms with Gasteiger partial charge in [0, 0.05) is 18.3 Å². The fourth-order valence-corrected chi connectivity index (χ4v) is 2.04. The zero-order chi connectivity index (χ0) is 13.1. The molecule has 96 valence electrons. The molecule has 0 saturated carbocycles. The van der Waals surface area contributed by atoms with Gasteiger partial charge >= 0.3 is 5.97 Å². The summed E-state index contributed by atoms with van der Waals surface area (Å²) in [4.78, 5) is 14.2. The number of rotatable bonds is 5. The van der Waals surface area contributed by atoms with Crippen LogP contribution in [0.1, 0.15) is 19.4 Å². The summed E-state index contributed by atoms with van der Waals surface area (Å²) < 4.78 is 0. The molecule has 1 unspecified atom stereocenters. The van der Waals surface area contributed by atoms with E-state index in [-0.39, 0.29) is 5.92 Å². The van der Waals surface area contributed by atoms with Crippen LogP contribution in [0.5, 0.6) is 0 Å². The molecule has 3 N–H and O–H groups in total. The highest BCUT2D eigenvalue weighted by Gasteiger charge is 2.20. The first-order chi connectivity index (χ1) is 8.58. The molecular weight excluding hydrogens is 228 g/mol. The summed E-state index contributed by atoms with van der Waals surface area (Å²) in [6, 6.07) is 7.60. The summed E-state index contributed by atoms with van der Waals surface area (Å²) in [5.41, 5.74) is 2.16. The SMILES string of the molecule is CC(C)C(NCc1ccc2cc[nH]c2c1)C(=O)O. The average Bonchev–Trinajstić information content (AvgIpc) is 2.75. The zero-order valence-electron chi connectivity index (χ0n) is 10.6. The topological polar surface area (TPSA) is 65.1 Å². The minimum absolute atomic E-state index is 0.0664. The van der Waals surface area contributed by atoms with Crippen LogP contribution in [0, 0.1) is 5.92 Å². The van der Waals surface area contributed by atoms with Gasteiger partial charge in [-0.25, -0.2) is 0 Å². The molecule has 4 nitrogen and oxygen atoms in total. The molecule has 0 aliphatic rings. The van der Waals surface area contributed by atoms with Crippen molar-refractivity contribution in [1.82, 2.24) is 10.3 Å². The summed E-state index contributed by atoms with van der Waals surface area (Å²) >= 11 is 0. The number of aromatic nitrogens is 1. The number of carbonyl (C=O) groups is 1. The molecule has 1 atom stereocenters. The minimum atomic E-state index is -0.800. The maximum Gasteiger partial charge on any atom is 0.320 e. The van der Waals surface area contributed by atoms with Crippen molar-refractivity contribution in [3.63, 3.8) is 0 Å². The summed E-state index contributed by atoms with van der Waals surface area (Å²) in [6.07, 6.45) is 1.90. The Balaban J connectivity index is 2.06. The predicted molar refractivity (Wildman–Crippen MR) is 71.4 cm³/mol. The van der Waals surface area contributed by atoms with E-state index >= 15 is 0 Å². The van der Waals surface area contributed by atoms with Gasteiger partial charge < -0.3 is 15.4 Å². The molecule has 2 rings (SSSR count). The van der Waals surface area contributed by atoms with E-state index in [1.165, 1.54) is 0 Å². The zero-order valence-corrected chi connectivity index (χ0v) is 10.6. The van der Waals surface area contributed by atoms with Crippen LogP contribution in [-0.2, 0) is 11.3 Å². The van der Waals surface area contributed by atoms with Crippen molar-refractivity contribution < 1.29 is 9.90 Å². The maximum absolute atomic E-state index is 11.1. The van der Waals surface area contributed by atoms with Crippen molar-refractivity contribution in [1.29, 1.82) is 0 Å². The van der Waals surface area contributed by atoms with Gasteiger partial charge in [-0.05, 0) is 29.0 Å². The second kappa shape index (κ2) is 5.23. The summed E-state index contributed by atoms with van der Waals surface area (Å²) in [5.74, 6) is -0.734. The molecular formula is C14H18N2O2. The number of nitrogens with one attached hydrogen (secondary N) is 2. The van der Waals surface area contributed by atoms with Gasteiger partial charge in [0.25, 0.3) is 0 Å². The van der Waals surface area contributed by atoms with Crippen LogP contribution in [0.4, 0.5) is 0 Å². The molecule has 1 aromatic carbocycles. The number of hydrogen-bond donors (Lipinski definition) is 3. The maximum atomic E-state index is 11.1. The number of benzene rings is 1. The van der Waals surface area contributed by atoms with Crippen LogP contribution in [-0.4, -0.2) is 22.1 Å². The van der Waals surface area contributed by atoms with Gasteiger partial charge in [0.1, 0.15) is 6.04 Å². The summed E-state index contributed by atoms with van der Waals surface area (Å²) in [5, 5.41) is 13.3. The van der Waals surface area contributed by atoms with Gasteiger partial charge in [0.05, 0.1) is 0 Å². The Hall–Kier alpha value is -1.81. The first-order valence-corrected chi connectivity index (χ1v) is 6.10. The predicted octanol–water partition coefficient (Wildman–Crippen LogP) is 2.37. The van der Waals surface area contributed by atoms with Crippen molar-refractivity contribution >= 4 is 16.9 Å². The highest BCUT2D eigenvalue weighted by atomic mass is 16.4. The van der Waals surface area contributed by atoms with Gasteiger partial charge in [-0.15, -0.1) is 0 Å². The molecule has 0 amide bonds. The van der Waals surface area contributed by atoms with E-state index in [1.54, 1.807) is 0 Å². The molecule has 0 aliphatic heterocycles. The van der Waals surface area contributed by atoms with Gasteiger partial charge in [0.2, 0.25) is 0 Å². The number of aromatic amines is 1.